The summed E-state index contributed by atoms with van der Waals surface area (Å²) >= 11 is 0. The van der Waals surface area contributed by atoms with Crippen molar-refractivity contribution in [3.63, 3.8) is 0 Å². The highest BCUT2D eigenvalue weighted by atomic mass is 32.2. The summed E-state index contributed by atoms with van der Waals surface area (Å²) in [6.45, 7) is 3.78. The monoisotopic (exact) mass is 484 g/mol. The number of carbonyl (C=O) groups excluding carboxylic acids is 1. The molecule has 3 aromatic carbocycles. The van der Waals surface area contributed by atoms with Crippen LogP contribution in [0.5, 0.6) is 0 Å². The van der Waals surface area contributed by atoms with E-state index in [1.807, 2.05) is 44.2 Å². The van der Waals surface area contributed by atoms with Gasteiger partial charge in [-0.1, -0.05) is 56.3 Å². The standard InChI is InChI=1S/C24H24N2O5S2/c1-16(2)19-14-20-23(32(28,29)21-11-7-6-10-18(21)24(27)26-20)15-22(19)33(30,31)25-13-12-17-8-4-3-5-9-17/h3-11,14-16,25H,12-13H2,1-2H3,(H,26,27). The Hall–Kier alpha value is -3.01. The number of hydrogen-bond acceptors (Lipinski definition) is 5. The second-order valence-electron chi connectivity index (χ2n) is 8.13. The lowest BCUT2D eigenvalue weighted by molar-refractivity contribution is 0.102. The molecule has 0 unspecified atom stereocenters. The smallest absolute Gasteiger partial charge is 0.257 e. The minimum atomic E-state index is -4.14. The van der Waals surface area contributed by atoms with Crippen LogP contribution in [0.4, 0.5) is 5.69 Å². The third kappa shape index (κ3) is 4.44. The third-order valence-corrected chi connectivity index (χ3v) is 8.90. The van der Waals surface area contributed by atoms with Gasteiger partial charge in [0.25, 0.3) is 5.91 Å². The molecular formula is C24H24N2O5S2. The molecule has 0 aliphatic carbocycles. The zero-order valence-corrected chi connectivity index (χ0v) is 19.8. The maximum Gasteiger partial charge on any atom is 0.257 e. The topological polar surface area (TPSA) is 109 Å². The van der Waals surface area contributed by atoms with Gasteiger partial charge in [-0.05, 0) is 47.7 Å². The van der Waals surface area contributed by atoms with Crippen LogP contribution in [0, 0.1) is 0 Å². The number of nitrogens with one attached hydrogen (secondary N) is 2. The number of sulfonamides is 1. The van der Waals surface area contributed by atoms with E-state index in [1.165, 1.54) is 24.3 Å². The number of fused-ring (bicyclic) bond motifs is 2. The zero-order chi connectivity index (χ0) is 23.8. The molecule has 1 aliphatic heterocycles. The van der Waals surface area contributed by atoms with Gasteiger partial charge >= 0.3 is 0 Å². The van der Waals surface area contributed by atoms with Crippen LogP contribution in [-0.2, 0) is 26.3 Å². The number of rotatable bonds is 6. The Morgan fingerprint density at radius 2 is 1.61 bits per heavy atom. The first-order chi connectivity index (χ1) is 15.6. The highest BCUT2D eigenvalue weighted by Gasteiger charge is 2.34. The van der Waals surface area contributed by atoms with Gasteiger partial charge in [0.05, 0.1) is 25.9 Å². The summed E-state index contributed by atoms with van der Waals surface area (Å²) in [6, 6.07) is 18.0. The largest absolute Gasteiger partial charge is 0.321 e. The van der Waals surface area contributed by atoms with Crippen molar-refractivity contribution in [3.05, 3.63) is 83.4 Å². The molecule has 1 heterocycles. The van der Waals surface area contributed by atoms with Crippen LogP contribution in [-0.4, -0.2) is 29.3 Å². The van der Waals surface area contributed by atoms with Crippen molar-refractivity contribution in [1.82, 2.24) is 4.72 Å². The second-order valence-corrected chi connectivity index (χ2v) is 11.7. The molecule has 0 spiro atoms. The second kappa shape index (κ2) is 8.74. The van der Waals surface area contributed by atoms with Gasteiger partial charge < -0.3 is 5.32 Å². The van der Waals surface area contributed by atoms with E-state index in [-0.39, 0.29) is 38.4 Å². The minimum Gasteiger partial charge on any atom is -0.321 e. The first kappa shape index (κ1) is 23.2. The highest BCUT2D eigenvalue weighted by Crippen LogP contribution is 2.38. The fraction of sp³-hybridized carbons (Fsp3) is 0.208. The summed E-state index contributed by atoms with van der Waals surface area (Å²) in [5.74, 6) is -0.791. The van der Waals surface area contributed by atoms with Gasteiger partial charge in [-0.3, -0.25) is 4.79 Å². The average Bonchev–Trinajstić information content (AvgIpc) is 2.86. The molecule has 33 heavy (non-hydrogen) atoms. The molecule has 0 radical (unpaired) electrons. The average molecular weight is 485 g/mol. The van der Waals surface area contributed by atoms with Crippen LogP contribution < -0.4 is 10.0 Å². The minimum absolute atomic E-state index is 0.0187. The van der Waals surface area contributed by atoms with Crippen molar-refractivity contribution >= 4 is 31.5 Å². The van der Waals surface area contributed by atoms with E-state index >= 15 is 0 Å². The molecule has 9 heteroatoms. The predicted octanol–water partition coefficient (Wildman–Crippen LogP) is 3.73. The number of amides is 1. The van der Waals surface area contributed by atoms with E-state index in [2.05, 4.69) is 10.0 Å². The molecule has 4 rings (SSSR count). The maximum atomic E-state index is 13.4. The van der Waals surface area contributed by atoms with E-state index in [1.54, 1.807) is 6.07 Å². The molecular weight excluding hydrogens is 460 g/mol. The van der Waals surface area contributed by atoms with E-state index in [0.717, 1.165) is 11.6 Å². The van der Waals surface area contributed by atoms with Crippen LogP contribution in [0.3, 0.4) is 0 Å². The lowest BCUT2D eigenvalue weighted by Gasteiger charge is -2.18. The predicted molar refractivity (Wildman–Crippen MR) is 126 cm³/mol. The number of hydrogen-bond donors (Lipinski definition) is 2. The molecule has 0 aromatic heterocycles. The zero-order valence-electron chi connectivity index (χ0n) is 18.2. The van der Waals surface area contributed by atoms with E-state index in [0.29, 0.717) is 12.0 Å². The number of carbonyl (C=O) groups is 1. The summed E-state index contributed by atoms with van der Waals surface area (Å²) in [5, 5.41) is 2.64. The van der Waals surface area contributed by atoms with Gasteiger partial charge in [-0.2, -0.15) is 0 Å². The van der Waals surface area contributed by atoms with Crippen LogP contribution >= 0.6 is 0 Å². The Morgan fingerprint density at radius 3 is 2.30 bits per heavy atom. The molecule has 172 valence electrons. The number of anilines is 1. The van der Waals surface area contributed by atoms with Gasteiger partial charge in [0.15, 0.2) is 0 Å². The number of benzene rings is 3. The van der Waals surface area contributed by atoms with Crippen molar-refractivity contribution < 1.29 is 21.6 Å². The Balaban J connectivity index is 1.79. The molecule has 3 aromatic rings. The third-order valence-electron chi connectivity index (χ3n) is 5.53. The van der Waals surface area contributed by atoms with Crippen molar-refractivity contribution in [2.75, 3.05) is 11.9 Å². The molecule has 2 N–H and O–H groups in total. The highest BCUT2D eigenvalue weighted by molar-refractivity contribution is 7.92. The van der Waals surface area contributed by atoms with Crippen molar-refractivity contribution in [1.29, 1.82) is 0 Å². The molecule has 7 nitrogen and oxygen atoms in total. The quantitative estimate of drug-likeness (QED) is 0.554. The Kier molecular flexibility index (Phi) is 6.13. The van der Waals surface area contributed by atoms with Crippen LogP contribution in [0.1, 0.15) is 41.3 Å². The molecule has 0 saturated carbocycles. The van der Waals surface area contributed by atoms with Gasteiger partial charge in [0.2, 0.25) is 19.9 Å². The molecule has 0 saturated heterocycles. The van der Waals surface area contributed by atoms with Gasteiger partial charge in [0, 0.05) is 6.54 Å². The van der Waals surface area contributed by atoms with Crippen molar-refractivity contribution in [2.45, 2.75) is 40.9 Å². The van der Waals surface area contributed by atoms with Crippen LogP contribution in [0.15, 0.2) is 81.4 Å². The molecule has 0 fully saturated rings. The normalized spacial score (nSPS) is 14.8. The fourth-order valence-corrected chi connectivity index (χ4v) is 6.93. The molecule has 0 bridgehead atoms. The Morgan fingerprint density at radius 1 is 0.939 bits per heavy atom. The first-order valence-electron chi connectivity index (χ1n) is 10.5. The Labute approximate surface area is 193 Å². The molecule has 1 aliphatic rings. The molecule has 0 atom stereocenters. The summed E-state index contributed by atoms with van der Waals surface area (Å²) in [7, 11) is -8.15. The fourth-order valence-electron chi connectivity index (χ4n) is 3.83. The van der Waals surface area contributed by atoms with Gasteiger partial charge in [-0.25, -0.2) is 21.6 Å². The van der Waals surface area contributed by atoms with Crippen LogP contribution in [0.2, 0.25) is 0 Å². The van der Waals surface area contributed by atoms with Crippen LogP contribution in [0.25, 0.3) is 0 Å². The van der Waals surface area contributed by atoms with Crippen molar-refractivity contribution in [2.24, 2.45) is 0 Å². The van der Waals surface area contributed by atoms with Gasteiger partial charge in [0.1, 0.15) is 0 Å². The lowest BCUT2D eigenvalue weighted by Crippen LogP contribution is -2.27. The summed E-state index contributed by atoms with van der Waals surface area (Å²) in [6.07, 6.45) is 0.490. The summed E-state index contributed by atoms with van der Waals surface area (Å²) < 4.78 is 55.9. The SMILES string of the molecule is CC(C)c1cc2c(cc1S(=O)(=O)NCCc1ccccc1)S(=O)(=O)c1ccccc1C(=O)N2. The summed E-state index contributed by atoms with van der Waals surface area (Å²) in [5.41, 5.74) is 1.49. The van der Waals surface area contributed by atoms with E-state index < -0.39 is 25.8 Å². The first-order valence-corrected chi connectivity index (χ1v) is 13.4. The molecule has 1 amide bonds. The summed E-state index contributed by atoms with van der Waals surface area (Å²) in [4.78, 5) is 12.2. The Bertz CT molecular complexity index is 1430. The lowest BCUT2D eigenvalue weighted by atomic mass is 10.0. The van der Waals surface area contributed by atoms with E-state index in [4.69, 9.17) is 0 Å². The maximum absolute atomic E-state index is 13.4. The van der Waals surface area contributed by atoms with Gasteiger partial charge in [-0.15, -0.1) is 0 Å². The number of sulfone groups is 1. The van der Waals surface area contributed by atoms with E-state index in [9.17, 15) is 21.6 Å². The van der Waals surface area contributed by atoms with Crippen molar-refractivity contribution in [3.8, 4) is 0 Å².